The fraction of sp³-hybridized carbons (Fsp3) is 0.375. The standard InChI is InChI=1S/C24H27ClN2O4/c1-3-11-30-17-21(28)15-27(14-18-5-4-6-22(12-18)29-2)16-23-13-24(26-31-23)19-7-9-20(25)10-8-19/h1,4-10,12,21,23,28H,11,13-17H2,2H3/t21-,23+/m0/s1. The van der Waals surface area contributed by atoms with Gasteiger partial charge in [-0.25, -0.2) is 0 Å². The van der Waals surface area contributed by atoms with E-state index in [9.17, 15) is 5.11 Å². The lowest BCUT2D eigenvalue weighted by Gasteiger charge is -2.27. The van der Waals surface area contributed by atoms with Gasteiger partial charge in [0.05, 0.1) is 25.5 Å². The van der Waals surface area contributed by atoms with Gasteiger partial charge in [0.2, 0.25) is 0 Å². The van der Waals surface area contributed by atoms with Crippen molar-refractivity contribution in [2.45, 2.75) is 25.2 Å². The number of nitrogens with zero attached hydrogens (tertiary/aromatic N) is 2. The largest absolute Gasteiger partial charge is 0.497 e. The molecule has 1 aliphatic rings. The van der Waals surface area contributed by atoms with Crippen molar-refractivity contribution in [3.63, 3.8) is 0 Å². The van der Waals surface area contributed by atoms with Crippen LogP contribution in [0.15, 0.2) is 53.7 Å². The molecule has 0 saturated heterocycles. The van der Waals surface area contributed by atoms with Gasteiger partial charge in [-0.3, -0.25) is 4.90 Å². The maximum atomic E-state index is 10.4. The van der Waals surface area contributed by atoms with Crippen molar-refractivity contribution < 1.29 is 19.4 Å². The smallest absolute Gasteiger partial charge is 0.145 e. The van der Waals surface area contributed by atoms with Crippen LogP contribution in [0.25, 0.3) is 0 Å². The molecule has 2 aromatic carbocycles. The zero-order valence-corrected chi connectivity index (χ0v) is 18.3. The molecule has 1 N–H and O–H groups in total. The molecule has 1 heterocycles. The van der Waals surface area contributed by atoms with E-state index in [1.54, 1.807) is 7.11 Å². The number of methoxy groups -OCH3 is 1. The van der Waals surface area contributed by atoms with E-state index in [-0.39, 0.29) is 19.3 Å². The van der Waals surface area contributed by atoms with Crippen LogP contribution in [0.2, 0.25) is 5.02 Å². The molecular weight excluding hydrogens is 416 g/mol. The minimum atomic E-state index is -0.669. The molecule has 0 aromatic heterocycles. The molecule has 1 aliphatic heterocycles. The molecule has 0 aliphatic carbocycles. The summed E-state index contributed by atoms with van der Waals surface area (Å²) >= 11 is 5.98. The molecule has 0 bridgehead atoms. The van der Waals surface area contributed by atoms with Crippen LogP contribution in [-0.4, -0.2) is 61.3 Å². The average Bonchev–Trinajstić information content (AvgIpc) is 3.23. The molecule has 3 rings (SSSR count). The Balaban J connectivity index is 1.63. The number of aliphatic hydroxyl groups is 1. The summed E-state index contributed by atoms with van der Waals surface area (Å²) in [6.07, 6.45) is 5.10. The number of oxime groups is 1. The van der Waals surface area contributed by atoms with Gasteiger partial charge in [0, 0.05) is 31.1 Å². The van der Waals surface area contributed by atoms with Crippen molar-refractivity contribution in [2.75, 3.05) is 33.4 Å². The van der Waals surface area contributed by atoms with E-state index in [1.807, 2.05) is 48.5 Å². The molecule has 0 saturated carbocycles. The zero-order chi connectivity index (χ0) is 22.1. The number of ether oxygens (including phenoxy) is 2. The molecule has 0 radical (unpaired) electrons. The van der Waals surface area contributed by atoms with E-state index in [2.05, 4.69) is 16.0 Å². The highest BCUT2D eigenvalue weighted by atomic mass is 35.5. The van der Waals surface area contributed by atoms with E-state index in [1.165, 1.54) is 0 Å². The molecule has 2 aromatic rings. The Kier molecular flexibility index (Phi) is 8.74. The van der Waals surface area contributed by atoms with Gasteiger partial charge in [0.25, 0.3) is 0 Å². The number of halogens is 1. The normalized spacial score (nSPS) is 16.5. The Labute approximate surface area is 188 Å². The summed E-state index contributed by atoms with van der Waals surface area (Å²) in [5.41, 5.74) is 2.96. The van der Waals surface area contributed by atoms with Gasteiger partial charge in [0.15, 0.2) is 0 Å². The Morgan fingerprint density at radius 1 is 1.32 bits per heavy atom. The molecule has 0 unspecified atom stereocenters. The Hall–Kier alpha value is -2.56. The third-order valence-corrected chi connectivity index (χ3v) is 5.13. The van der Waals surface area contributed by atoms with Gasteiger partial charge >= 0.3 is 0 Å². The fourth-order valence-corrected chi connectivity index (χ4v) is 3.59. The first-order valence-corrected chi connectivity index (χ1v) is 10.5. The second-order valence-corrected chi connectivity index (χ2v) is 7.83. The van der Waals surface area contributed by atoms with Crippen LogP contribution in [0, 0.1) is 12.3 Å². The van der Waals surface area contributed by atoms with Crippen LogP contribution >= 0.6 is 11.6 Å². The number of hydrogen-bond donors (Lipinski definition) is 1. The van der Waals surface area contributed by atoms with E-state index >= 15 is 0 Å². The summed E-state index contributed by atoms with van der Waals surface area (Å²) in [6, 6.07) is 15.4. The van der Waals surface area contributed by atoms with E-state index in [0.29, 0.717) is 31.1 Å². The molecule has 2 atom stereocenters. The van der Waals surface area contributed by atoms with Gasteiger partial charge < -0.3 is 19.4 Å². The summed E-state index contributed by atoms with van der Waals surface area (Å²) in [7, 11) is 1.64. The summed E-state index contributed by atoms with van der Waals surface area (Å²) in [5, 5.41) is 15.4. The van der Waals surface area contributed by atoms with Gasteiger partial charge in [-0.2, -0.15) is 0 Å². The summed E-state index contributed by atoms with van der Waals surface area (Å²) in [4.78, 5) is 7.82. The Morgan fingerprint density at radius 3 is 2.87 bits per heavy atom. The van der Waals surface area contributed by atoms with Crippen molar-refractivity contribution in [2.24, 2.45) is 5.16 Å². The first-order chi connectivity index (χ1) is 15.1. The quantitative estimate of drug-likeness (QED) is 0.427. The first kappa shape index (κ1) is 23.1. The van der Waals surface area contributed by atoms with Crippen LogP contribution in [0.3, 0.4) is 0 Å². The molecule has 0 amide bonds. The minimum absolute atomic E-state index is 0.116. The zero-order valence-electron chi connectivity index (χ0n) is 17.5. The number of aliphatic hydroxyl groups excluding tert-OH is 1. The Morgan fingerprint density at radius 2 is 2.13 bits per heavy atom. The lowest BCUT2D eigenvalue weighted by Crippen LogP contribution is -2.39. The monoisotopic (exact) mass is 442 g/mol. The summed E-state index contributed by atoms with van der Waals surface area (Å²) < 4.78 is 10.6. The van der Waals surface area contributed by atoms with E-state index in [4.69, 9.17) is 32.3 Å². The minimum Gasteiger partial charge on any atom is -0.497 e. The number of terminal acetylenes is 1. The highest BCUT2D eigenvalue weighted by Crippen LogP contribution is 2.21. The maximum Gasteiger partial charge on any atom is 0.145 e. The van der Waals surface area contributed by atoms with Gasteiger partial charge in [-0.05, 0) is 35.4 Å². The molecule has 6 nitrogen and oxygen atoms in total. The van der Waals surface area contributed by atoms with Crippen LogP contribution in [0.4, 0.5) is 0 Å². The number of hydrogen-bond acceptors (Lipinski definition) is 6. The second kappa shape index (κ2) is 11.7. The molecule has 7 heteroatoms. The summed E-state index contributed by atoms with van der Waals surface area (Å²) in [6.45, 7) is 2.00. The number of rotatable bonds is 11. The molecule has 164 valence electrons. The third kappa shape index (κ3) is 7.27. The van der Waals surface area contributed by atoms with Crippen LogP contribution < -0.4 is 4.74 Å². The van der Waals surface area contributed by atoms with Crippen LogP contribution in [0.5, 0.6) is 5.75 Å². The fourth-order valence-electron chi connectivity index (χ4n) is 3.46. The van der Waals surface area contributed by atoms with Crippen molar-refractivity contribution in [1.82, 2.24) is 4.90 Å². The van der Waals surface area contributed by atoms with Gasteiger partial charge in [-0.1, -0.05) is 46.9 Å². The van der Waals surface area contributed by atoms with Gasteiger partial charge in [0.1, 0.15) is 18.5 Å². The Bertz CT molecular complexity index is 911. The average molecular weight is 443 g/mol. The van der Waals surface area contributed by atoms with Crippen molar-refractivity contribution in [3.8, 4) is 18.1 Å². The predicted octanol–water partition coefficient (Wildman–Crippen LogP) is 3.35. The molecular formula is C24H27ClN2O4. The van der Waals surface area contributed by atoms with Crippen LogP contribution in [0.1, 0.15) is 17.5 Å². The van der Waals surface area contributed by atoms with Crippen molar-refractivity contribution in [3.05, 3.63) is 64.7 Å². The third-order valence-electron chi connectivity index (χ3n) is 4.88. The van der Waals surface area contributed by atoms with Crippen LogP contribution in [-0.2, 0) is 16.1 Å². The highest BCUT2D eigenvalue weighted by Gasteiger charge is 2.26. The predicted molar refractivity (Wildman–Crippen MR) is 121 cm³/mol. The highest BCUT2D eigenvalue weighted by molar-refractivity contribution is 6.30. The SMILES string of the molecule is C#CCOC[C@@H](O)CN(Cc1cccc(OC)c1)C[C@H]1CC(c2ccc(Cl)cc2)=NO1. The van der Waals surface area contributed by atoms with E-state index in [0.717, 1.165) is 22.6 Å². The molecule has 0 spiro atoms. The van der Waals surface area contributed by atoms with Gasteiger partial charge in [-0.15, -0.1) is 6.42 Å². The molecule has 31 heavy (non-hydrogen) atoms. The molecule has 0 fully saturated rings. The first-order valence-electron chi connectivity index (χ1n) is 10.1. The van der Waals surface area contributed by atoms with E-state index < -0.39 is 6.10 Å². The second-order valence-electron chi connectivity index (χ2n) is 7.40. The topological polar surface area (TPSA) is 63.5 Å². The lowest BCUT2D eigenvalue weighted by atomic mass is 10.0. The van der Waals surface area contributed by atoms with Crippen molar-refractivity contribution in [1.29, 1.82) is 0 Å². The lowest BCUT2D eigenvalue weighted by molar-refractivity contribution is 0.00417. The van der Waals surface area contributed by atoms with Crippen molar-refractivity contribution >= 4 is 17.3 Å². The summed E-state index contributed by atoms with van der Waals surface area (Å²) in [5.74, 6) is 3.20. The number of benzene rings is 2. The maximum absolute atomic E-state index is 10.4.